The van der Waals surface area contributed by atoms with Gasteiger partial charge in [-0.1, -0.05) is 111 Å². The molecule has 4 nitrogen and oxygen atoms in total. The van der Waals surface area contributed by atoms with Crippen LogP contribution in [0.4, 0.5) is 11.4 Å². The Bertz CT molecular complexity index is 1490. The van der Waals surface area contributed by atoms with Gasteiger partial charge in [0, 0.05) is 39.2 Å². The molecule has 0 aliphatic heterocycles. The van der Waals surface area contributed by atoms with Crippen LogP contribution in [0.5, 0.6) is 11.5 Å². The van der Waals surface area contributed by atoms with E-state index in [4.69, 9.17) is 9.98 Å². The van der Waals surface area contributed by atoms with Crippen LogP contribution in [0.25, 0.3) is 0 Å². The van der Waals surface area contributed by atoms with E-state index in [0.717, 1.165) is 26.7 Å². The minimum atomic E-state index is -0.228. The van der Waals surface area contributed by atoms with Gasteiger partial charge in [-0.05, 0) is 63.1 Å². The molecule has 0 amide bonds. The smallest absolute Gasteiger partial charge is 0.128 e. The number of aliphatic imine (C=N–C) groups is 2. The SMILES string of the molecule is CC(C)(C)c1cc(C=Nc2ccc(Br)cc2N=Cc2cc(C(C)(C)C)cc(C(C)(C)C)c2O)c(O)c(C(C)(C)C)c1. The number of halogens is 1. The largest absolute Gasteiger partial charge is 0.507 e. The van der Waals surface area contributed by atoms with Crippen LogP contribution in [-0.2, 0) is 21.7 Å². The van der Waals surface area contributed by atoms with Crippen molar-refractivity contribution in [1.29, 1.82) is 0 Å². The molecular weight excluding hydrogens is 572 g/mol. The summed E-state index contributed by atoms with van der Waals surface area (Å²) in [5.74, 6) is 0.489. The fourth-order valence-electron chi connectivity index (χ4n) is 4.51. The van der Waals surface area contributed by atoms with Crippen molar-refractivity contribution in [3.05, 3.63) is 80.3 Å². The number of nitrogens with zero attached hydrogens (tertiary/aromatic N) is 2. The van der Waals surface area contributed by atoms with Crippen molar-refractivity contribution in [3.63, 3.8) is 0 Å². The van der Waals surface area contributed by atoms with Gasteiger partial charge in [0.15, 0.2) is 0 Å². The van der Waals surface area contributed by atoms with E-state index in [0.29, 0.717) is 22.5 Å². The number of hydrogen-bond donors (Lipinski definition) is 2. The van der Waals surface area contributed by atoms with E-state index in [2.05, 4.69) is 111 Å². The quantitative estimate of drug-likeness (QED) is 0.285. The molecule has 3 rings (SSSR count). The zero-order valence-electron chi connectivity index (χ0n) is 26.9. The average molecular weight is 620 g/mol. The van der Waals surface area contributed by atoms with Gasteiger partial charge >= 0.3 is 0 Å². The molecule has 0 heterocycles. The van der Waals surface area contributed by atoms with Crippen LogP contribution in [-0.4, -0.2) is 22.6 Å². The lowest BCUT2D eigenvalue weighted by Crippen LogP contribution is -2.17. The van der Waals surface area contributed by atoms with Gasteiger partial charge in [0.05, 0.1) is 11.4 Å². The van der Waals surface area contributed by atoms with Crippen LogP contribution in [0, 0.1) is 0 Å². The van der Waals surface area contributed by atoms with Crippen molar-refractivity contribution in [2.24, 2.45) is 9.98 Å². The standard InChI is InChI=1S/C36H47BrN2O2/c1-33(2,3)24-15-22(31(40)27(17-24)35(7,8)9)20-38-29-14-13-26(37)19-30(29)39-21-23-16-25(34(4,5)6)18-28(32(23)41)36(10,11)12/h13-21,40-41H,1-12H3. The zero-order chi connectivity index (χ0) is 31.1. The van der Waals surface area contributed by atoms with Crippen molar-refractivity contribution < 1.29 is 10.2 Å². The number of hydrogen-bond acceptors (Lipinski definition) is 4. The van der Waals surface area contributed by atoms with Gasteiger partial charge in [0.1, 0.15) is 11.5 Å². The predicted molar refractivity (Wildman–Crippen MR) is 180 cm³/mol. The fraction of sp³-hybridized carbons (Fsp3) is 0.444. The Morgan fingerprint density at radius 2 is 0.927 bits per heavy atom. The van der Waals surface area contributed by atoms with Gasteiger partial charge in [-0.15, -0.1) is 0 Å². The van der Waals surface area contributed by atoms with Crippen LogP contribution in [0.2, 0.25) is 0 Å². The van der Waals surface area contributed by atoms with E-state index < -0.39 is 0 Å². The Kier molecular flexibility index (Phi) is 9.06. The summed E-state index contributed by atoms with van der Waals surface area (Å²) >= 11 is 3.57. The highest BCUT2D eigenvalue weighted by atomic mass is 79.9. The Morgan fingerprint density at radius 3 is 1.29 bits per heavy atom. The van der Waals surface area contributed by atoms with Crippen LogP contribution in [0.1, 0.15) is 116 Å². The normalized spacial score (nSPS) is 13.5. The number of aromatic hydroxyl groups is 2. The summed E-state index contributed by atoms with van der Waals surface area (Å²) < 4.78 is 0.874. The summed E-state index contributed by atoms with van der Waals surface area (Å²) in [6, 6.07) is 14.0. The summed E-state index contributed by atoms with van der Waals surface area (Å²) in [7, 11) is 0. The lowest BCUT2D eigenvalue weighted by Gasteiger charge is -2.27. The van der Waals surface area contributed by atoms with Gasteiger partial charge < -0.3 is 10.2 Å². The number of phenols is 2. The highest BCUT2D eigenvalue weighted by Crippen LogP contribution is 2.39. The first-order valence-electron chi connectivity index (χ1n) is 14.2. The highest BCUT2D eigenvalue weighted by Gasteiger charge is 2.26. The molecule has 0 atom stereocenters. The maximum atomic E-state index is 11.2. The summed E-state index contributed by atoms with van der Waals surface area (Å²) in [6.45, 7) is 25.6. The minimum absolute atomic E-state index is 0.0845. The van der Waals surface area contributed by atoms with E-state index >= 15 is 0 Å². The molecule has 5 heteroatoms. The summed E-state index contributed by atoms with van der Waals surface area (Å²) in [5, 5.41) is 22.4. The molecule has 0 aliphatic rings. The van der Waals surface area contributed by atoms with E-state index in [9.17, 15) is 10.2 Å². The van der Waals surface area contributed by atoms with Crippen LogP contribution in [0.3, 0.4) is 0 Å². The second kappa shape index (κ2) is 11.4. The zero-order valence-corrected chi connectivity index (χ0v) is 28.4. The first kappa shape index (κ1) is 32.6. The summed E-state index contributed by atoms with van der Waals surface area (Å²) in [5.41, 5.74) is 6.08. The van der Waals surface area contributed by atoms with Crippen molar-refractivity contribution in [1.82, 2.24) is 0 Å². The van der Waals surface area contributed by atoms with E-state index in [1.807, 2.05) is 30.3 Å². The maximum absolute atomic E-state index is 11.2. The molecule has 0 bridgehead atoms. The molecule has 3 aromatic carbocycles. The predicted octanol–water partition coefficient (Wildman–Crippen LogP) is 10.6. The van der Waals surface area contributed by atoms with Gasteiger partial charge in [-0.3, -0.25) is 9.98 Å². The monoisotopic (exact) mass is 618 g/mol. The molecule has 0 saturated carbocycles. The first-order chi connectivity index (χ1) is 18.6. The van der Waals surface area contributed by atoms with Crippen LogP contribution < -0.4 is 0 Å². The maximum Gasteiger partial charge on any atom is 0.128 e. The molecule has 2 N–H and O–H groups in total. The molecule has 0 aliphatic carbocycles. The topological polar surface area (TPSA) is 65.2 Å². The number of phenolic OH excluding ortho intramolecular Hbond substituents is 2. The van der Waals surface area contributed by atoms with E-state index in [1.54, 1.807) is 12.4 Å². The molecule has 220 valence electrons. The van der Waals surface area contributed by atoms with Gasteiger partial charge in [-0.25, -0.2) is 0 Å². The molecule has 0 aromatic heterocycles. The van der Waals surface area contributed by atoms with Gasteiger partial charge in [0.2, 0.25) is 0 Å². The Hall–Kier alpha value is -2.92. The lowest BCUT2D eigenvalue weighted by atomic mass is 9.79. The van der Waals surface area contributed by atoms with E-state index in [-0.39, 0.29) is 33.2 Å². The van der Waals surface area contributed by atoms with Crippen molar-refractivity contribution in [3.8, 4) is 11.5 Å². The molecular formula is C36H47BrN2O2. The third-order valence-electron chi connectivity index (χ3n) is 7.25. The number of rotatable bonds is 4. The Labute approximate surface area is 255 Å². The summed E-state index contributed by atoms with van der Waals surface area (Å²) in [6.07, 6.45) is 3.44. The van der Waals surface area contributed by atoms with E-state index in [1.165, 1.54) is 0 Å². The molecule has 0 radical (unpaired) electrons. The Morgan fingerprint density at radius 1 is 0.537 bits per heavy atom. The number of benzene rings is 3. The second-order valence-corrected chi connectivity index (χ2v) is 16.0. The molecule has 41 heavy (non-hydrogen) atoms. The fourth-order valence-corrected chi connectivity index (χ4v) is 4.86. The Balaban J connectivity index is 2.14. The molecule has 0 saturated heterocycles. The third-order valence-corrected chi connectivity index (χ3v) is 7.74. The van der Waals surface area contributed by atoms with Crippen molar-refractivity contribution in [2.45, 2.75) is 105 Å². The molecule has 3 aromatic rings. The third kappa shape index (κ3) is 7.88. The highest BCUT2D eigenvalue weighted by molar-refractivity contribution is 9.10. The van der Waals surface area contributed by atoms with Gasteiger partial charge in [-0.2, -0.15) is 0 Å². The summed E-state index contributed by atoms with van der Waals surface area (Å²) in [4.78, 5) is 9.59. The molecule has 0 unspecified atom stereocenters. The molecule has 0 spiro atoms. The molecule has 0 fully saturated rings. The minimum Gasteiger partial charge on any atom is -0.507 e. The second-order valence-electron chi connectivity index (χ2n) is 15.1. The lowest BCUT2D eigenvalue weighted by molar-refractivity contribution is 0.443. The average Bonchev–Trinajstić information content (AvgIpc) is 2.80. The van der Waals surface area contributed by atoms with Crippen LogP contribution >= 0.6 is 15.9 Å². The van der Waals surface area contributed by atoms with Crippen LogP contribution in [0.15, 0.2) is 56.9 Å². The first-order valence-corrected chi connectivity index (χ1v) is 15.0. The van der Waals surface area contributed by atoms with Gasteiger partial charge in [0.25, 0.3) is 0 Å². The van der Waals surface area contributed by atoms with Crippen molar-refractivity contribution in [2.75, 3.05) is 0 Å². The van der Waals surface area contributed by atoms with Crippen molar-refractivity contribution >= 4 is 39.7 Å².